The van der Waals surface area contributed by atoms with E-state index < -0.39 is 0 Å². The summed E-state index contributed by atoms with van der Waals surface area (Å²) in [4.78, 5) is 0. The molecule has 1 heterocycles. The van der Waals surface area contributed by atoms with Crippen LogP contribution in [-0.2, 0) is 4.74 Å². The molecule has 1 N–H and O–H groups in total. The first-order valence-electron chi connectivity index (χ1n) is 6.98. The fourth-order valence-electron chi connectivity index (χ4n) is 4.02. The number of hydrogen-bond acceptors (Lipinski definition) is 2. The zero-order valence-corrected chi connectivity index (χ0v) is 10.8. The molecule has 0 aromatic carbocycles. The summed E-state index contributed by atoms with van der Waals surface area (Å²) in [5.41, 5.74) is 0.346. The van der Waals surface area contributed by atoms with Crippen molar-refractivity contribution in [2.45, 2.75) is 64.6 Å². The Kier molecular flexibility index (Phi) is 2.56. The second-order valence-corrected chi connectivity index (χ2v) is 6.69. The van der Waals surface area contributed by atoms with Crippen LogP contribution in [-0.4, -0.2) is 24.8 Å². The van der Waals surface area contributed by atoms with Gasteiger partial charge >= 0.3 is 0 Å². The Bertz CT molecular complexity index is 272. The van der Waals surface area contributed by atoms with Crippen LogP contribution in [0.25, 0.3) is 0 Å². The van der Waals surface area contributed by atoms with E-state index in [1.807, 2.05) is 0 Å². The second kappa shape index (κ2) is 3.71. The van der Waals surface area contributed by atoms with Crippen LogP contribution in [0.4, 0.5) is 0 Å². The fourth-order valence-corrected chi connectivity index (χ4v) is 4.02. The molecule has 1 aliphatic heterocycles. The number of rotatable bonds is 3. The van der Waals surface area contributed by atoms with E-state index >= 15 is 0 Å². The third-order valence-electron chi connectivity index (χ3n) is 5.40. The molecule has 92 valence electrons. The molecule has 3 rings (SSSR count). The van der Waals surface area contributed by atoms with Crippen LogP contribution in [0.5, 0.6) is 0 Å². The Morgan fingerprint density at radius 2 is 2.00 bits per heavy atom. The first-order valence-corrected chi connectivity index (χ1v) is 6.98. The van der Waals surface area contributed by atoms with Crippen molar-refractivity contribution in [3.63, 3.8) is 0 Å². The third-order valence-corrected chi connectivity index (χ3v) is 5.40. The van der Waals surface area contributed by atoms with Crippen molar-refractivity contribution in [1.82, 2.24) is 5.32 Å². The van der Waals surface area contributed by atoms with Crippen LogP contribution >= 0.6 is 0 Å². The van der Waals surface area contributed by atoms with Crippen molar-refractivity contribution in [2.75, 3.05) is 6.61 Å². The topological polar surface area (TPSA) is 21.3 Å². The summed E-state index contributed by atoms with van der Waals surface area (Å²) in [5.74, 6) is 1.73. The van der Waals surface area contributed by atoms with Crippen molar-refractivity contribution in [3.05, 3.63) is 0 Å². The Balaban J connectivity index is 1.61. The first kappa shape index (κ1) is 11.0. The van der Waals surface area contributed by atoms with Crippen molar-refractivity contribution >= 4 is 0 Å². The van der Waals surface area contributed by atoms with E-state index in [9.17, 15) is 0 Å². The zero-order chi connectivity index (χ0) is 11.3. The van der Waals surface area contributed by atoms with Gasteiger partial charge in [-0.1, -0.05) is 20.3 Å². The number of fused-ring (bicyclic) bond motifs is 1. The van der Waals surface area contributed by atoms with Crippen LogP contribution in [0.2, 0.25) is 0 Å². The van der Waals surface area contributed by atoms with Crippen LogP contribution < -0.4 is 5.32 Å². The molecule has 0 radical (unpaired) electrons. The highest BCUT2D eigenvalue weighted by Crippen LogP contribution is 2.52. The molecule has 0 bridgehead atoms. The highest BCUT2D eigenvalue weighted by atomic mass is 16.5. The highest BCUT2D eigenvalue weighted by molar-refractivity contribution is 5.12. The van der Waals surface area contributed by atoms with Crippen molar-refractivity contribution in [3.8, 4) is 0 Å². The number of nitrogens with one attached hydrogen (secondary N) is 1. The fraction of sp³-hybridized carbons (Fsp3) is 1.00. The van der Waals surface area contributed by atoms with Gasteiger partial charge in [0.2, 0.25) is 0 Å². The smallest absolute Gasteiger partial charge is 0.0685 e. The van der Waals surface area contributed by atoms with Gasteiger partial charge in [0.05, 0.1) is 6.10 Å². The predicted molar refractivity (Wildman–Crippen MR) is 65.4 cm³/mol. The van der Waals surface area contributed by atoms with Crippen LogP contribution in [0.3, 0.4) is 0 Å². The summed E-state index contributed by atoms with van der Waals surface area (Å²) in [6.45, 7) is 8.09. The van der Waals surface area contributed by atoms with Crippen molar-refractivity contribution in [2.24, 2.45) is 17.3 Å². The quantitative estimate of drug-likeness (QED) is 0.794. The molecule has 2 nitrogen and oxygen atoms in total. The van der Waals surface area contributed by atoms with Gasteiger partial charge < -0.3 is 10.1 Å². The molecule has 3 aliphatic rings. The largest absolute Gasteiger partial charge is 0.377 e. The molecule has 0 aromatic heterocycles. The van der Waals surface area contributed by atoms with E-state index in [0.29, 0.717) is 23.6 Å². The predicted octanol–water partition coefficient (Wildman–Crippen LogP) is 2.58. The van der Waals surface area contributed by atoms with E-state index in [4.69, 9.17) is 4.74 Å². The van der Waals surface area contributed by atoms with Gasteiger partial charge in [-0.05, 0) is 32.1 Å². The normalized spacial score (nSPS) is 43.3. The van der Waals surface area contributed by atoms with E-state index in [0.717, 1.165) is 18.4 Å². The van der Waals surface area contributed by atoms with Gasteiger partial charge in [0.25, 0.3) is 0 Å². The van der Waals surface area contributed by atoms with Gasteiger partial charge in [-0.15, -0.1) is 0 Å². The SMILES string of the molecule is CC(NC1C2CCOC2C1(C)C)C1CCC1. The second-order valence-electron chi connectivity index (χ2n) is 6.69. The Hall–Kier alpha value is -0.0800. The maximum atomic E-state index is 5.84. The molecular formula is C14H25NO. The van der Waals surface area contributed by atoms with E-state index in [2.05, 4.69) is 26.1 Å². The Morgan fingerprint density at radius 1 is 1.25 bits per heavy atom. The van der Waals surface area contributed by atoms with E-state index in [-0.39, 0.29) is 0 Å². The molecular weight excluding hydrogens is 198 g/mol. The standard InChI is InChI=1S/C14H25NO/c1-9(10-5-4-6-10)15-12-11-7-8-16-13(11)14(12,2)3/h9-13,15H,4-8H2,1-3H3. The lowest BCUT2D eigenvalue weighted by Gasteiger charge is -2.56. The molecule has 3 fully saturated rings. The third kappa shape index (κ3) is 1.46. The molecule has 0 aromatic rings. The lowest BCUT2D eigenvalue weighted by Crippen LogP contribution is -2.67. The summed E-state index contributed by atoms with van der Waals surface area (Å²) in [6, 6.07) is 1.40. The molecule has 0 amide bonds. The van der Waals surface area contributed by atoms with Gasteiger partial charge in [0.1, 0.15) is 0 Å². The summed E-state index contributed by atoms with van der Waals surface area (Å²) in [5, 5.41) is 3.90. The molecule has 0 spiro atoms. The van der Waals surface area contributed by atoms with Gasteiger partial charge in [0.15, 0.2) is 0 Å². The zero-order valence-electron chi connectivity index (χ0n) is 10.8. The van der Waals surface area contributed by atoms with Gasteiger partial charge in [-0.2, -0.15) is 0 Å². The van der Waals surface area contributed by atoms with Gasteiger partial charge in [-0.3, -0.25) is 0 Å². The van der Waals surface area contributed by atoms with Crippen LogP contribution in [0, 0.1) is 17.3 Å². The van der Waals surface area contributed by atoms with Gasteiger partial charge in [0, 0.05) is 30.0 Å². The maximum Gasteiger partial charge on any atom is 0.0685 e. The maximum absolute atomic E-state index is 5.84. The van der Waals surface area contributed by atoms with Crippen LogP contribution in [0.15, 0.2) is 0 Å². The summed E-state index contributed by atoms with van der Waals surface area (Å²) in [6.07, 6.45) is 6.11. The lowest BCUT2D eigenvalue weighted by atomic mass is 9.57. The average Bonchev–Trinajstić information content (AvgIpc) is 2.57. The minimum atomic E-state index is 0.346. The highest BCUT2D eigenvalue weighted by Gasteiger charge is 2.59. The summed E-state index contributed by atoms with van der Waals surface area (Å²) in [7, 11) is 0. The molecule has 2 heteroatoms. The van der Waals surface area contributed by atoms with Crippen molar-refractivity contribution in [1.29, 1.82) is 0 Å². The lowest BCUT2D eigenvalue weighted by molar-refractivity contribution is -0.117. The minimum Gasteiger partial charge on any atom is -0.377 e. The molecule has 16 heavy (non-hydrogen) atoms. The summed E-state index contributed by atoms with van der Waals surface area (Å²) >= 11 is 0. The Labute approximate surface area is 99.1 Å². The molecule has 1 saturated heterocycles. The molecule has 2 saturated carbocycles. The van der Waals surface area contributed by atoms with E-state index in [1.165, 1.54) is 25.7 Å². The first-order chi connectivity index (χ1) is 7.60. The van der Waals surface area contributed by atoms with Crippen molar-refractivity contribution < 1.29 is 4.74 Å². The average molecular weight is 223 g/mol. The number of hydrogen-bond donors (Lipinski definition) is 1. The molecule has 4 unspecified atom stereocenters. The van der Waals surface area contributed by atoms with E-state index in [1.54, 1.807) is 0 Å². The van der Waals surface area contributed by atoms with Gasteiger partial charge in [-0.25, -0.2) is 0 Å². The molecule has 4 atom stereocenters. The Morgan fingerprint density at radius 3 is 2.62 bits per heavy atom. The molecule has 2 aliphatic carbocycles. The van der Waals surface area contributed by atoms with Crippen LogP contribution in [0.1, 0.15) is 46.5 Å². The number of ether oxygens (including phenoxy) is 1. The minimum absolute atomic E-state index is 0.346. The summed E-state index contributed by atoms with van der Waals surface area (Å²) < 4.78 is 5.84. The monoisotopic (exact) mass is 223 g/mol.